The van der Waals surface area contributed by atoms with Crippen molar-refractivity contribution in [1.82, 2.24) is 5.32 Å². The molecule has 0 radical (unpaired) electrons. The molecular formula is C12H21NS. The second-order valence-electron chi connectivity index (χ2n) is 3.88. The third kappa shape index (κ3) is 3.43. The molecule has 0 aliphatic heterocycles. The van der Waals surface area contributed by atoms with E-state index in [1.807, 2.05) is 0 Å². The Bertz CT molecular complexity index is 226. The first-order chi connectivity index (χ1) is 6.77. The molecule has 0 saturated heterocycles. The highest BCUT2D eigenvalue weighted by Gasteiger charge is 2.08. The van der Waals surface area contributed by atoms with Crippen molar-refractivity contribution >= 4 is 11.3 Å². The second-order valence-corrected chi connectivity index (χ2v) is 4.66. The van der Waals surface area contributed by atoms with E-state index < -0.39 is 0 Å². The van der Waals surface area contributed by atoms with Crippen LogP contribution in [0.2, 0.25) is 0 Å². The molecule has 0 spiro atoms. The Morgan fingerprint density at radius 2 is 2.07 bits per heavy atom. The van der Waals surface area contributed by atoms with Crippen LogP contribution < -0.4 is 5.32 Å². The lowest BCUT2D eigenvalue weighted by atomic mass is 10.0. The number of hydrogen-bond acceptors (Lipinski definition) is 2. The molecule has 1 rings (SSSR count). The van der Waals surface area contributed by atoms with Crippen molar-refractivity contribution in [1.29, 1.82) is 0 Å². The Balaban J connectivity index is 2.31. The van der Waals surface area contributed by atoms with Gasteiger partial charge in [0.05, 0.1) is 0 Å². The average Bonchev–Trinajstić information content (AvgIpc) is 2.72. The molecule has 1 nitrogen and oxygen atoms in total. The van der Waals surface area contributed by atoms with Gasteiger partial charge >= 0.3 is 0 Å². The van der Waals surface area contributed by atoms with E-state index in [1.54, 1.807) is 11.3 Å². The second kappa shape index (κ2) is 6.20. The molecule has 1 atom stereocenters. The van der Waals surface area contributed by atoms with E-state index in [9.17, 15) is 0 Å². The molecule has 0 amide bonds. The molecular weight excluding hydrogens is 190 g/mol. The highest BCUT2D eigenvalue weighted by atomic mass is 32.1. The SMILES string of the molecule is CCC(CC)NCC(C)c1ccsc1. The largest absolute Gasteiger partial charge is 0.313 e. The van der Waals surface area contributed by atoms with E-state index in [4.69, 9.17) is 0 Å². The summed E-state index contributed by atoms with van der Waals surface area (Å²) in [5, 5.41) is 8.02. The van der Waals surface area contributed by atoms with Crippen LogP contribution in [-0.4, -0.2) is 12.6 Å². The molecule has 1 aromatic heterocycles. The van der Waals surface area contributed by atoms with Crippen LogP contribution in [0.5, 0.6) is 0 Å². The van der Waals surface area contributed by atoms with Crippen molar-refractivity contribution in [3.8, 4) is 0 Å². The van der Waals surface area contributed by atoms with Crippen LogP contribution in [0.3, 0.4) is 0 Å². The summed E-state index contributed by atoms with van der Waals surface area (Å²) in [7, 11) is 0. The fourth-order valence-electron chi connectivity index (χ4n) is 1.59. The third-order valence-electron chi connectivity index (χ3n) is 2.81. The van der Waals surface area contributed by atoms with Crippen molar-refractivity contribution in [2.45, 2.75) is 45.6 Å². The Morgan fingerprint density at radius 3 is 2.57 bits per heavy atom. The van der Waals surface area contributed by atoms with Crippen LogP contribution >= 0.6 is 11.3 Å². The first-order valence-electron chi connectivity index (χ1n) is 5.53. The van der Waals surface area contributed by atoms with E-state index in [0.717, 1.165) is 6.54 Å². The van der Waals surface area contributed by atoms with Crippen molar-refractivity contribution in [2.75, 3.05) is 6.54 Å². The van der Waals surface area contributed by atoms with Crippen molar-refractivity contribution < 1.29 is 0 Å². The average molecular weight is 211 g/mol. The number of nitrogens with one attached hydrogen (secondary N) is 1. The maximum atomic E-state index is 3.61. The number of rotatable bonds is 6. The summed E-state index contributed by atoms with van der Waals surface area (Å²) < 4.78 is 0. The molecule has 1 heterocycles. The maximum Gasteiger partial charge on any atom is 0.00620 e. The highest BCUT2D eigenvalue weighted by Crippen LogP contribution is 2.17. The molecule has 0 fully saturated rings. The van der Waals surface area contributed by atoms with Gasteiger partial charge in [0.2, 0.25) is 0 Å². The normalized spacial score (nSPS) is 13.4. The van der Waals surface area contributed by atoms with Crippen molar-refractivity contribution in [3.63, 3.8) is 0 Å². The summed E-state index contributed by atoms with van der Waals surface area (Å²) in [4.78, 5) is 0. The Kier molecular flexibility index (Phi) is 5.20. The monoisotopic (exact) mass is 211 g/mol. The molecule has 80 valence electrons. The first-order valence-corrected chi connectivity index (χ1v) is 6.47. The summed E-state index contributed by atoms with van der Waals surface area (Å²) in [6.07, 6.45) is 2.46. The Labute approximate surface area is 91.5 Å². The van der Waals surface area contributed by atoms with E-state index in [2.05, 4.69) is 42.9 Å². The fraction of sp³-hybridized carbons (Fsp3) is 0.667. The predicted molar refractivity (Wildman–Crippen MR) is 65.1 cm³/mol. The molecule has 0 saturated carbocycles. The summed E-state index contributed by atoms with van der Waals surface area (Å²) in [5.74, 6) is 0.641. The molecule has 2 heteroatoms. The lowest BCUT2D eigenvalue weighted by Gasteiger charge is -2.18. The molecule has 0 aromatic carbocycles. The van der Waals surface area contributed by atoms with Crippen LogP contribution in [-0.2, 0) is 0 Å². The van der Waals surface area contributed by atoms with Crippen LogP contribution in [0.4, 0.5) is 0 Å². The van der Waals surface area contributed by atoms with Crippen LogP contribution in [0, 0.1) is 0 Å². The smallest absolute Gasteiger partial charge is 0.00620 e. The van der Waals surface area contributed by atoms with E-state index >= 15 is 0 Å². The molecule has 1 aromatic rings. The maximum absolute atomic E-state index is 3.61. The molecule has 14 heavy (non-hydrogen) atoms. The van der Waals surface area contributed by atoms with Gasteiger partial charge in [-0.1, -0.05) is 20.8 Å². The summed E-state index contributed by atoms with van der Waals surface area (Å²) in [5.41, 5.74) is 1.47. The molecule has 1 N–H and O–H groups in total. The van der Waals surface area contributed by atoms with E-state index in [0.29, 0.717) is 12.0 Å². The standard InChI is InChI=1S/C12H21NS/c1-4-12(5-2)13-8-10(3)11-6-7-14-9-11/h6-7,9-10,12-13H,4-5,8H2,1-3H3. The molecule has 0 aliphatic rings. The van der Waals surface area contributed by atoms with Gasteiger partial charge in [-0.25, -0.2) is 0 Å². The van der Waals surface area contributed by atoms with Gasteiger partial charge in [-0.05, 0) is 41.1 Å². The quantitative estimate of drug-likeness (QED) is 0.757. The third-order valence-corrected chi connectivity index (χ3v) is 3.51. The lowest BCUT2D eigenvalue weighted by molar-refractivity contribution is 0.467. The van der Waals surface area contributed by atoms with Gasteiger partial charge < -0.3 is 5.32 Å². The number of thiophene rings is 1. The van der Waals surface area contributed by atoms with Gasteiger partial charge in [-0.2, -0.15) is 11.3 Å². The highest BCUT2D eigenvalue weighted by molar-refractivity contribution is 7.07. The van der Waals surface area contributed by atoms with Crippen molar-refractivity contribution in [3.05, 3.63) is 22.4 Å². The molecule has 1 unspecified atom stereocenters. The van der Waals surface area contributed by atoms with Crippen molar-refractivity contribution in [2.24, 2.45) is 0 Å². The molecule has 0 bridgehead atoms. The number of hydrogen-bond donors (Lipinski definition) is 1. The van der Waals surface area contributed by atoms with E-state index in [-0.39, 0.29) is 0 Å². The zero-order valence-corrected chi connectivity index (χ0v) is 10.2. The summed E-state index contributed by atoms with van der Waals surface area (Å²) >= 11 is 1.79. The minimum absolute atomic E-state index is 0.641. The zero-order valence-electron chi connectivity index (χ0n) is 9.42. The van der Waals surface area contributed by atoms with Crippen LogP contribution in [0.1, 0.15) is 45.1 Å². The summed E-state index contributed by atoms with van der Waals surface area (Å²) in [6.45, 7) is 7.88. The van der Waals surface area contributed by atoms with Gasteiger partial charge in [0, 0.05) is 12.6 Å². The first kappa shape index (κ1) is 11.7. The zero-order chi connectivity index (χ0) is 10.4. The minimum Gasteiger partial charge on any atom is -0.313 e. The Morgan fingerprint density at radius 1 is 1.36 bits per heavy atom. The van der Waals surface area contributed by atoms with Crippen LogP contribution in [0.25, 0.3) is 0 Å². The lowest BCUT2D eigenvalue weighted by Crippen LogP contribution is -2.30. The van der Waals surface area contributed by atoms with Gasteiger partial charge in [0.15, 0.2) is 0 Å². The Hall–Kier alpha value is -0.340. The molecule has 0 aliphatic carbocycles. The van der Waals surface area contributed by atoms with Crippen LogP contribution in [0.15, 0.2) is 16.8 Å². The minimum atomic E-state index is 0.641. The van der Waals surface area contributed by atoms with E-state index in [1.165, 1.54) is 18.4 Å². The summed E-state index contributed by atoms with van der Waals surface area (Å²) in [6, 6.07) is 2.92. The van der Waals surface area contributed by atoms with Gasteiger partial charge in [0.25, 0.3) is 0 Å². The topological polar surface area (TPSA) is 12.0 Å². The van der Waals surface area contributed by atoms with Gasteiger partial charge in [-0.3, -0.25) is 0 Å². The van der Waals surface area contributed by atoms with Gasteiger partial charge in [-0.15, -0.1) is 0 Å². The van der Waals surface area contributed by atoms with Gasteiger partial charge in [0.1, 0.15) is 0 Å². The fourth-order valence-corrected chi connectivity index (χ4v) is 2.38. The predicted octanol–water partition coefficient (Wildman–Crippen LogP) is 3.63.